The van der Waals surface area contributed by atoms with Gasteiger partial charge in [0.05, 0.1) is 16.6 Å². The van der Waals surface area contributed by atoms with E-state index in [1.165, 1.54) is 0 Å². The molecule has 0 saturated heterocycles. The smallest absolute Gasteiger partial charge is 0.175 e. The Hall–Kier alpha value is -1.65. The average Bonchev–Trinajstić information content (AvgIpc) is 2.44. The van der Waals surface area contributed by atoms with Gasteiger partial charge in [0, 0.05) is 15.5 Å². The van der Waals surface area contributed by atoms with Crippen molar-refractivity contribution in [1.82, 2.24) is 0 Å². The Morgan fingerprint density at radius 3 is 2.19 bits per heavy atom. The number of Topliss-reactive ketones (excluding diaryl/α,β-unsaturated/α-hetero) is 1. The number of phenolic OH excluding ortho intramolecular Hbond substituents is 1. The second kappa shape index (κ2) is 6.41. The molecule has 0 aliphatic carbocycles. The number of aromatic hydroxyl groups is 1. The summed E-state index contributed by atoms with van der Waals surface area (Å²) in [6.45, 7) is 3.46. The zero-order chi connectivity index (χ0) is 15.6. The summed E-state index contributed by atoms with van der Waals surface area (Å²) in [5, 5.41) is 10.3. The van der Waals surface area contributed by atoms with Gasteiger partial charge in [-0.1, -0.05) is 11.6 Å². The largest absolute Gasteiger partial charge is 0.507 e. The van der Waals surface area contributed by atoms with Gasteiger partial charge in [0.15, 0.2) is 5.78 Å². The molecule has 0 bridgehead atoms. The molecule has 0 heterocycles. The highest BCUT2D eigenvalue weighted by Gasteiger charge is 2.14. The van der Waals surface area contributed by atoms with Gasteiger partial charge < -0.3 is 5.11 Å². The zero-order valence-corrected chi connectivity index (χ0v) is 13.3. The van der Waals surface area contributed by atoms with Gasteiger partial charge in [0.25, 0.3) is 0 Å². The maximum atomic E-state index is 12.2. The topological polar surface area (TPSA) is 54.4 Å². The Balaban J connectivity index is 2.18. The molecule has 0 fully saturated rings. The number of aryl methyl sites for hydroxylation is 2. The van der Waals surface area contributed by atoms with E-state index in [-0.39, 0.29) is 17.3 Å². The van der Waals surface area contributed by atoms with Crippen molar-refractivity contribution in [2.45, 2.75) is 18.7 Å². The van der Waals surface area contributed by atoms with Crippen LogP contribution in [0.2, 0.25) is 5.02 Å². The molecular weight excluding hydrogens is 308 g/mol. The minimum absolute atomic E-state index is 0.0920. The predicted octanol–water partition coefficient (Wildman–Crippen LogP) is 3.65. The minimum Gasteiger partial charge on any atom is -0.507 e. The summed E-state index contributed by atoms with van der Waals surface area (Å²) in [5.41, 5.74) is 1.73. The Morgan fingerprint density at radius 1 is 1.14 bits per heavy atom. The molecule has 0 unspecified atom stereocenters. The number of carbonyl (C=O) groups is 1. The molecule has 0 aliphatic heterocycles. The number of phenols is 1. The van der Waals surface area contributed by atoms with Crippen LogP contribution >= 0.6 is 11.6 Å². The first-order chi connectivity index (χ1) is 9.88. The highest BCUT2D eigenvalue weighted by atomic mass is 35.5. The lowest BCUT2D eigenvalue weighted by atomic mass is 10.0. The number of hydrogen-bond acceptors (Lipinski definition) is 3. The van der Waals surface area contributed by atoms with Crippen molar-refractivity contribution >= 4 is 28.2 Å². The molecule has 3 nitrogen and oxygen atoms in total. The third-order valence-corrected chi connectivity index (χ3v) is 4.73. The second-order valence-electron chi connectivity index (χ2n) is 4.83. The molecule has 0 spiro atoms. The van der Waals surface area contributed by atoms with Crippen LogP contribution in [-0.4, -0.2) is 20.9 Å². The summed E-state index contributed by atoms with van der Waals surface area (Å²) >= 11 is 5.78. The van der Waals surface area contributed by atoms with Crippen LogP contribution in [0.5, 0.6) is 5.75 Å². The molecule has 0 saturated carbocycles. The first-order valence-corrected chi connectivity index (χ1v) is 8.05. The number of ketones is 1. The molecule has 110 valence electrons. The van der Waals surface area contributed by atoms with Crippen LogP contribution in [0, 0.1) is 13.8 Å². The van der Waals surface area contributed by atoms with Crippen molar-refractivity contribution in [2.75, 3.05) is 5.75 Å². The van der Waals surface area contributed by atoms with E-state index < -0.39 is 10.8 Å². The van der Waals surface area contributed by atoms with Gasteiger partial charge >= 0.3 is 0 Å². The van der Waals surface area contributed by atoms with Crippen LogP contribution in [0.15, 0.2) is 41.3 Å². The van der Waals surface area contributed by atoms with Crippen molar-refractivity contribution in [3.8, 4) is 5.75 Å². The lowest BCUT2D eigenvalue weighted by Gasteiger charge is -2.07. The van der Waals surface area contributed by atoms with Crippen LogP contribution < -0.4 is 0 Å². The zero-order valence-electron chi connectivity index (χ0n) is 11.7. The SMILES string of the molecule is Cc1cc(C(=O)C[S@](=O)c2ccc(Cl)cc2)cc(C)c1O. The quantitative estimate of drug-likeness (QED) is 0.874. The predicted molar refractivity (Wildman–Crippen MR) is 84.6 cm³/mol. The van der Waals surface area contributed by atoms with Gasteiger partial charge in [-0.15, -0.1) is 0 Å². The van der Waals surface area contributed by atoms with Crippen molar-refractivity contribution in [1.29, 1.82) is 0 Å². The third kappa shape index (κ3) is 3.71. The third-order valence-electron chi connectivity index (χ3n) is 3.15. The van der Waals surface area contributed by atoms with E-state index in [0.29, 0.717) is 26.6 Å². The van der Waals surface area contributed by atoms with Gasteiger partial charge in [0.1, 0.15) is 5.75 Å². The summed E-state index contributed by atoms with van der Waals surface area (Å²) in [4.78, 5) is 12.8. The lowest BCUT2D eigenvalue weighted by molar-refractivity contribution is 0.102. The Kier molecular flexibility index (Phi) is 4.80. The van der Waals surface area contributed by atoms with Gasteiger partial charge in [-0.2, -0.15) is 0 Å². The molecule has 0 radical (unpaired) electrons. The Morgan fingerprint density at radius 2 is 1.67 bits per heavy atom. The van der Waals surface area contributed by atoms with E-state index in [2.05, 4.69) is 0 Å². The monoisotopic (exact) mass is 322 g/mol. The van der Waals surface area contributed by atoms with E-state index >= 15 is 0 Å². The van der Waals surface area contributed by atoms with Crippen molar-refractivity contribution in [3.05, 3.63) is 58.1 Å². The summed E-state index contributed by atoms with van der Waals surface area (Å²) in [6.07, 6.45) is 0. The molecule has 0 amide bonds. The maximum Gasteiger partial charge on any atom is 0.175 e. The van der Waals surface area contributed by atoms with Crippen LogP contribution in [0.3, 0.4) is 0 Å². The van der Waals surface area contributed by atoms with Gasteiger partial charge in [-0.05, 0) is 61.4 Å². The standard InChI is InChI=1S/C16H15ClO3S/c1-10-7-12(8-11(2)16(10)19)15(18)9-21(20)14-5-3-13(17)4-6-14/h3-8,19H,9H2,1-2H3/t21-/m0/s1. The van der Waals surface area contributed by atoms with Crippen LogP contribution in [0.25, 0.3) is 0 Å². The van der Waals surface area contributed by atoms with Gasteiger partial charge in [-0.3, -0.25) is 9.00 Å². The molecule has 5 heteroatoms. The van der Waals surface area contributed by atoms with Crippen molar-refractivity contribution < 1.29 is 14.1 Å². The van der Waals surface area contributed by atoms with Crippen molar-refractivity contribution in [3.63, 3.8) is 0 Å². The molecular formula is C16H15ClO3S. The molecule has 2 rings (SSSR count). The number of benzene rings is 2. The number of carbonyl (C=O) groups excluding carboxylic acids is 1. The molecule has 0 aromatic heterocycles. The fourth-order valence-corrected chi connectivity index (χ4v) is 3.13. The molecule has 0 aliphatic rings. The van der Waals surface area contributed by atoms with Gasteiger partial charge in [-0.25, -0.2) is 0 Å². The van der Waals surface area contributed by atoms with E-state index in [1.807, 2.05) is 0 Å². The van der Waals surface area contributed by atoms with E-state index in [9.17, 15) is 14.1 Å². The fourth-order valence-electron chi connectivity index (χ4n) is 1.99. The molecule has 2 aromatic carbocycles. The van der Waals surface area contributed by atoms with Crippen LogP contribution in [-0.2, 0) is 10.8 Å². The summed E-state index contributed by atoms with van der Waals surface area (Å²) in [6, 6.07) is 9.83. The Bertz CT molecular complexity index is 685. The summed E-state index contributed by atoms with van der Waals surface area (Å²) in [5.74, 6) is -0.120. The van der Waals surface area contributed by atoms with E-state index in [0.717, 1.165) is 0 Å². The molecule has 1 atom stereocenters. The van der Waals surface area contributed by atoms with Crippen LogP contribution in [0.4, 0.5) is 0 Å². The van der Waals surface area contributed by atoms with Crippen molar-refractivity contribution in [2.24, 2.45) is 0 Å². The second-order valence-corrected chi connectivity index (χ2v) is 6.71. The summed E-state index contributed by atoms with van der Waals surface area (Å²) in [7, 11) is -1.41. The molecule has 21 heavy (non-hydrogen) atoms. The first kappa shape index (κ1) is 15.7. The minimum atomic E-state index is -1.41. The highest BCUT2D eigenvalue weighted by molar-refractivity contribution is 7.85. The average molecular weight is 323 g/mol. The normalized spacial score (nSPS) is 12.1. The fraction of sp³-hybridized carbons (Fsp3) is 0.188. The first-order valence-electron chi connectivity index (χ1n) is 6.36. The Labute approximate surface area is 131 Å². The number of halogens is 1. The maximum absolute atomic E-state index is 12.2. The van der Waals surface area contributed by atoms with Gasteiger partial charge in [0.2, 0.25) is 0 Å². The van der Waals surface area contributed by atoms with E-state index in [4.69, 9.17) is 11.6 Å². The number of rotatable bonds is 4. The molecule has 2 aromatic rings. The summed E-state index contributed by atoms with van der Waals surface area (Å²) < 4.78 is 12.2. The number of hydrogen-bond donors (Lipinski definition) is 1. The lowest BCUT2D eigenvalue weighted by Crippen LogP contribution is -2.11. The molecule has 1 N–H and O–H groups in total. The van der Waals surface area contributed by atoms with E-state index in [1.54, 1.807) is 50.2 Å². The highest BCUT2D eigenvalue weighted by Crippen LogP contribution is 2.23. The van der Waals surface area contributed by atoms with Crippen LogP contribution in [0.1, 0.15) is 21.5 Å².